The van der Waals surface area contributed by atoms with E-state index in [1.807, 2.05) is 6.08 Å². The molecule has 474 valence electrons. The molecule has 0 aromatic rings. The van der Waals surface area contributed by atoms with Gasteiger partial charge in [-0.3, -0.25) is 9.59 Å². The fraction of sp³-hybridized carbons (Fsp3) is 0.919. The summed E-state index contributed by atoms with van der Waals surface area (Å²) in [7, 11) is 0. The van der Waals surface area contributed by atoms with Crippen molar-refractivity contribution in [2.45, 2.75) is 424 Å². The monoisotopic (exact) mass is 1130 g/mol. The summed E-state index contributed by atoms with van der Waals surface area (Å²) in [4.78, 5) is 24.5. The summed E-state index contributed by atoms with van der Waals surface area (Å²) in [5, 5.41) is 23.0. The number of ether oxygens (including phenoxy) is 1. The van der Waals surface area contributed by atoms with Gasteiger partial charge < -0.3 is 20.3 Å². The van der Waals surface area contributed by atoms with Crippen molar-refractivity contribution in [3.8, 4) is 0 Å². The quantitative estimate of drug-likeness (QED) is 0.0320. The molecule has 0 saturated carbocycles. The van der Waals surface area contributed by atoms with E-state index in [0.717, 1.165) is 38.5 Å². The predicted octanol–water partition coefficient (Wildman–Crippen LogP) is 23.7. The number of aliphatic hydroxyl groups is 2. The number of carbonyl (C=O) groups is 2. The van der Waals surface area contributed by atoms with Crippen LogP contribution in [0, 0.1) is 0 Å². The lowest BCUT2D eigenvalue weighted by molar-refractivity contribution is -0.143. The average molecular weight is 1130 g/mol. The van der Waals surface area contributed by atoms with Crippen LogP contribution < -0.4 is 5.32 Å². The highest BCUT2D eigenvalue weighted by Crippen LogP contribution is 2.19. The number of unbranched alkanes of at least 4 members (excludes halogenated alkanes) is 56. The second-order valence-electron chi connectivity index (χ2n) is 25.3. The number of nitrogens with one attached hydrogen (secondary N) is 1. The molecule has 0 fully saturated rings. The Morgan fingerprint density at radius 3 is 0.887 bits per heavy atom. The molecule has 0 rings (SSSR count). The average Bonchev–Trinajstić information content (AvgIpc) is 3.46. The molecule has 0 aromatic carbocycles. The third kappa shape index (κ3) is 65.5. The molecular weight excluding hydrogens is 983 g/mol. The number of esters is 1. The van der Waals surface area contributed by atoms with Gasteiger partial charge in [0.1, 0.15) is 0 Å². The zero-order chi connectivity index (χ0) is 57.8. The Balaban J connectivity index is 3.27. The molecule has 0 aliphatic rings. The van der Waals surface area contributed by atoms with Crippen molar-refractivity contribution in [1.82, 2.24) is 5.32 Å². The lowest BCUT2D eigenvalue weighted by Gasteiger charge is -2.20. The predicted molar refractivity (Wildman–Crippen MR) is 352 cm³/mol. The van der Waals surface area contributed by atoms with E-state index in [2.05, 4.69) is 31.3 Å². The molecule has 0 spiro atoms. The fourth-order valence-electron chi connectivity index (χ4n) is 11.6. The van der Waals surface area contributed by atoms with Crippen molar-refractivity contribution in [3.05, 3.63) is 24.3 Å². The summed E-state index contributed by atoms with van der Waals surface area (Å²) in [6.45, 7) is 4.91. The van der Waals surface area contributed by atoms with Gasteiger partial charge in [-0.25, -0.2) is 0 Å². The van der Waals surface area contributed by atoms with Gasteiger partial charge in [0.2, 0.25) is 5.91 Å². The Bertz CT molecular complexity index is 1250. The lowest BCUT2D eigenvalue weighted by atomic mass is 10.0. The molecule has 2 atom stereocenters. The van der Waals surface area contributed by atoms with Gasteiger partial charge in [0.15, 0.2) is 0 Å². The lowest BCUT2D eigenvalue weighted by Crippen LogP contribution is -2.45. The van der Waals surface area contributed by atoms with Crippen LogP contribution in [0.4, 0.5) is 0 Å². The van der Waals surface area contributed by atoms with Gasteiger partial charge >= 0.3 is 5.97 Å². The number of hydrogen-bond donors (Lipinski definition) is 3. The molecule has 2 unspecified atom stereocenters. The first-order chi connectivity index (χ1) is 39.5. The normalized spacial score (nSPS) is 12.6. The molecule has 1 amide bonds. The van der Waals surface area contributed by atoms with E-state index in [0.29, 0.717) is 19.4 Å². The second kappa shape index (κ2) is 69.8. The van der Waals surface area contributed by atoms with Crippen molar-refractivity contribution in [3.63, 3.8) is 0 Å². The van der Waals surface area contributed by atoms with Crippen molar-refractivity contribution >= 4 is 11.9 Å². The minimum Gasteiger partial charge on any atom is -0.466 e. The number of rotatable bonds is 69. The summed E-state index contributed by atoms with van der Waals surface area (Å²) in [5.41, 5.74) is 0. The maximum Gasteiger partial charge on any atom is 0.305 e. The number of allylic oxidation sites excluding steroid dienone is 3. The first kappa shape index (κ1) is 78.3. The molecule has 6 heteroatoms. The topological polar surface area (TPSA) is 95.9 Å². The molecule has 0 aliphatic heterocycles. The van der Waals surface area contributed by atoms with Crippen LogP contribution in [0.1, 0.15) is 412 Å². The first-order valence-corrected chi connectivity index (χ1v) is 36.6. The van der Waals surface area contributed by atoms with Crippen LogP contribution in [0.25, 0.3) is 0 Å². The molecule has 0 bridgehead atoms. The van der Waals surface area contributed by atoms with Crippen LogP contribution in [-0.4, -0.2) is 47.4 Å². The van der Waals surface area contributed by atoms with Gasteiger partial charge in [0.25, 0.3) is 0 Å². The van der Waals surface area contributed by atoms with E-state index < -0.39 is 12.1 Å². The highest BCUT2D eigenvalue weighted by molar-refractivity contribution is 5.76. The fourth-order valence-corrected chi connectivity index (χ4v) is 11.6. The largest absolute Gasteiger partial charge is 0.466 e. The first-order valence-electron chi connectivity index (χ1n) is 36.6. The molecule has 0 saturated heterocycles. The van der Waals surface area contributed by atoms with Gasteiger partial charge in [-0.15, -0.1) is 0 Å². The minimum absolute atomic E-state index is 0.0226. The Morgan fingerprint density at radius 1 is 0.338 bits per heavy atom. The molecule has 0 heterocycles. The second-order valence-corrected chi connectivity index (χ2v) is 25.3. The Morgan fingerprint density at radius 2 is 0.588 bits per heavy atom. The van der Waals surface area contributed by atoms with Crippen molar-refractivity contribution in [2.24, 2.45) is 0 Å². The summed E-state index contributed by atoms with van der Waals surface area (Å²) in [6.07, 6.45) is 88.7. The van der Waals surface area contributed by atoms with Crippen LogP contribution in [0.2, 0.25) is 0 Å². The number of amides is 1. The van der Waals surface area contributed by atoms with E-state index in [1.54, 1.807) is 6.08 Å². The smallest absolute Gasteiger partial charge is 0.305 e. The van der Waals surface area contributed by atoms with E-state index in [4.69, 9.17) is 4.74 Å². The van der Waals surface area contributed by atoms with Crippen LogP contribution in [-0.2, 0) is 14.3 Å². The summed E-state index contributed by atoms with van der Waals surface area (Å²) < 4.78 is 5.52. The third-order valence-electron chi connectivity index (χ3n) is 17.2. The Hall–Kier alpha value is -1.66. The Labute approximate surface area is 501 Å². The highest BCUT2D eigenvalue weighted by Gasteiger charge is 2.18. The number of carbonyl (C=O) groups excluding carboxylic acids is 2. The van der Waals surface area contributed by atoms with E-state index in [1.165, 1.54) is 347 Å². The highest BCUT2D eigenvalue weighted by atomic mass is 16.5. The van der Waals surface area contributed by atoms with Crippen LogP contribution in [0.3, 0.4) is 0 Å². The maximum absolute atomic E-state index is 12.4. The SMILES string of the molecule is CCCCCCCC/C=C\CCCCCCCCCCCC(=O)OCCCCCCCCCCCCCCCCCCCCCCCCCCCCCCCCCCCCCC(=O)NC(CO)C(O)/C=C/CCCCCCCCC. The van der Waals surface area contributed by atoms with Gasteiger partial charge in [0.05, 0.1) is 25.4 Å². The molecule has 3 N–H and O–H groups in total. The third-order valence-corrected chi connectivity index (χ3v) is 17.2. The van der Waals surface area contributed by atoms with E-state index >= 15 is 0 Å². The Kier molecular flexibility index (Phi) is 68.4. The van der Waals surface area contributed by atoms with Crippen LogP contribution in [0.5, 0.6) is 0 Å². The van der Waals surface area contributed by atoms with Crippen LogP contribution >= 0.6 is 0 Å². The molecule has 0 aliphatic carbocycles. The molecule has 0 aromatic heterocycles. The van der Waals surface area contributed by atoms with Crippen molar-refractivity contribution in [1.29, 1.82) is 0 Å². The molecule has 80 heavy (non-hydrogen) atoms. The van der Waals surface area contributed by atoms with Gasteiger partial charge in [-0.1, -0.05) is 366 Å². The summed E-state index contributed by atoms with van der Waals surface area (Å²) in [5.74, 6) is -0.0411. The van der Waals surface area contributed by atoms with E-state index in [-0.39, 0.29) is 18.5 Å². The van der Waals surface area contributed by atoms with Crippen molar-refractivity contribution in [2.75, 3.05) is 13.2 Å². The number of hydrogen-bond acceptors (Lipinski definition) is 5. The van der Waals surface area contributed by atoms with Gasteiger partial charge in [0, 0.05) is 12.8 Å². The molecule has 0 radical (unpaired) electrons. The zero-order valence-electron chi connectivity index (χ0n) is 54.3. The zero-order valence-corrected chi connectivity index (χ0v) is 54.3. The standard InChI is InChI=1S/C74H143NO5/c1-3-5-7-9-11-13-14-15-16-17-35-39-42-45-48-52-56-60-64-68-74(79)80-69-65-61-57-53-49-46-43-40-37-34-32-30-28-26-24-22-20-18-19-21-23-25-27-29-31-33-36-38-41-44-47-51-55-59-63-67-73(78)75-71(70-76)72(77)66-62-58-54-50-12-10-8-6-4-2/h15-16,62,66,71-72,76-77H,3-14,17-61,63-65,67-70H2,1-2H3,(H,75,78)/b16-15-,66-62+. The molecule has 6 nitrogen and oxygen atoms in total. The minimum atomic E-state index is -0.838. The van der Waals surface area contributed by atoms with Gasteiger partial charge in [-0.2, -0.15) is 0 Å². The maximum atomic E-state index is 12.4. The van der Waals surface area contributed by atoms with E-state index in [9.17, 15) is 19.8 Å². The van der Waals surface area contributed by atoms with Crippen LogP contribution in [0.15, 0.2) is 24.3 Å². The summed E-state index contributed by atoms with van der Waals surface area (Å²) in [6, 6.07) is -0.621. The van der Waals surface area contributed by atoms with Gasteiger partial charge in [-0.05, 0) is 57.8 Å². The number of aliphatic hydroxyl groups excluding tert-OH is 2. The molecular formula is C74H143NO5. The van der Waals surface area contributed by atoms with Crippen molar-refractivity contribution < 1.29 is 24.5 Å². The summed E-state index contributed by atoms with van der Waals surface area (Å²) >= 11 is 0.